The first kappa shape index (κ1) is 12.2. The average Bonchev–Trinajstić information content (AvgIpc) is 2.40. The molecule has 2 aromatic carbocycles. The Balaban J connectivity index is 2.63. The molecule has 0 unspecified atom stereocenters. The molecule has 0 aliphatic heterocycles. The van der Waals surface area contributed by atoms with Gasteiger partial charge in [0, 0.05) is 0 Å². The van der Waals surface area contributed by atoms with Crippen LogP contribution in [0.25, 0.3) is 11.1 Å². The van der Waals surface area contributed by atoms with Crippen molar-refractivity contribution >= 4 is 0 Å². The van der Waals surface area contributed by atoms with Gasteiger partial charge in [-0.1, -0.05) is 23.8 Å². The highest BCUT2D eigenvalue weighted by Crippen LogP contribution is 2.29. The molecule has 0 bridgehead atoms. The average molecular weight is 237 g/mol. The van der Waals surface area contributed by atoms with Crippen LogP contribution in [0.3, 0.4) is 0 Å². The second-order valence-electron chi connectivity index (χ2n) is 4.38. The van der Waals surface area contributed by atoms with Crippen molar-refractivity contribution in [2.24, 2.45) is 0 Å². The van der Waals surface area contributed by atoms with Gasteiger partial charge in [0.15, 0.2) is 0 Å². The summed E-state index contributed by atoms with van der Waals surface area (Å²) >= 11 is 0. The molecule has 0 radical (unpaired) electrons. The number of rotatable bonds is 2. The van der Waals surface area contributed by atoms with Gasteiger partial charge in [-0.05, 0) is 48.7 Å². The van der Waals surface area contributed by atoms with Crippen LogP contribution in [0.4, 0.5) is 0 Å². The predicted molar refractivity (Wildman–Crippen MR) is 72.6 cm³/mol. The molecule has 0 amide bonds. The quantitative estimate of drug-likeness (QED) is 0.794. The summed E-state index contributed by atoms with van der Waals surface area (Å²) in [5.74, 6) is 0.713. The highest BCUT2D eigenvalue weighted by molar-refractivity contribution is 5.71. The molecule has 0 spiro atoms. The van der Waals surface area contributed by atoms with Gasteiger partial charge in [0.25, 0.3) is 0 Å². The monoisotopic (exact) mass is 237 g/mol. The van der Waals surface area contributed by atoms with E-state index in [4.69, 9.17) is 10.00 Å². The second-order valence-corrected chi connectivity index (χ2v) is 4.38. The topological polar surface area (TPSA) is 33.0 Å². The maximum absolute atomic E-state index is 9.05. The van der Waals surface area contributed by atoms with E-state index in [0.29, 0.717) is 11.3 Å². The number of ether oxygens (including phenoxy) is 1. The maximum Gasteiger partial charge on any atom is 0.120 e. The number of hydrogen-bond donors (Lipinski definition) is 0. The lowest BCUT2D eigenvalue weighted by molar-refractivity contribution is 0.415. The van der Waals surface area contributed by atoms with Gasteiger partial charge in [-0.2, -0.15) is 5.26 Å². The highest BCUT2D eigenvalue weighted by Gasteiger charge is 2.06. The minimum atomic E-state index is 0.616. The Morgan fingerprint density at radius 3 is 2.50 bits per heavy atom. The lowest BCUT2D eigenvalue weighted by Crippen LogP contribution is -1.89. The van der Waals surface area contributed by atoms with Gasteiger partial charge in [0.2, 0.25) is 0 Å². The minimum Gasteiger partial charge on any atom is -0.497 e. The maximum atomic E-state index is 9.05. The van der Waals surface area contributed by atoms with Gasteiger partial charge < -0.3 is 4.74 Å². The Kier molecular flexibility index (Phi) is 3.34. The van der Waals surface area contributed by atoms with Crippen molar-refractivity contribution < 1.29 is 4.74 Å². The Bertz CT molecular complexity index is 623. The first-order valence-electron chi connectivity index (χ1n) is 5.81. The Labute approximate surface area is 107 Å². The molecule has 0 N–H and O–H groups in total. The highest BCUT2D eigenvalue weighted by atomic mass is 16.5. The smallest absolute Gasteiger partial charge is 0.120 e. The molecule has 2 rings (SSSR count). The molecule has 0 heterocycles. The van der Waals surface area contributed by atoms with E-state index in [-0.39, 0.29) is 0 Å². The van der Waals surface area contributed by atoms with E-state index in [1.807, 2.05) is 12.1 Å². The van der Waals surface area contributed by atoms with Crippen LogP contribution < -0.4 is 4.74 Å². The Morgan fingerprint density at radius 1 is 1.06 bits per heavy atom. The number of hydrogen-bond acceptors (Lipinski definition) is 2. The molecular weight excluding hydrogens is 222 g/mol. The van der Waals surface area contributed by atoms with Gasteiger partial charge in [-0.3, -0.25) is 0 Å². The molecule has 0 atom stereocenters. The third-order valence-electron chi connectivity index (χ3n) is 2.98. The largest absolute Gasteiger partial charge is 0.497 e. The van der Waals surface area contributed by atoms with Crippen LogP contribution in [0.2, 0.25) is 0 Å². The number of nitriles is 1. The third-order valence-corrected chi connectivity index (χ3v) is 2.98. The molecule has 0 aliphatic rings. The van der Waals surface area contributed by atoms with Crippen LogP contribution in [0.1, 0.15) is 16.7 Å². The molecule has 0 aromatic heterocycles. The van der Waals surface area contributed by atoms with Crippen LogP contribution in [0.15, 0.2) is 36.4 Å². The molecule has 0 fully saturated rings. The van der Waals surface area contributed by atoms with E-state index in [1.165, 1.54) is 11.1 Å². The van der Waals surface area contributed by atoms with Crippen molar-refractivity contribution in [3.63, 3.8) is 0 Å². The summed E-state index contributed by atoms with van der Waals surface area (Å²) in [4.78, 5) is 0. The van der Waals surface area contributed by atoms with Crippen molar-refractivity contribution in [2.45, 2.75) is 13.8 Å². The van der Waals surface area contributed by atoms with Crippen LogP contribution in [0.5, 0.6) is 5.75 Å². The fraction of sp³-hybridized carbons (Fsp3) is 0.188. The molecule has 0 saturated heterocycles. The van der Waals surface area contributed by atoms with Crippen molar-refractivity contribution in [1.29, 1.82) is 5.26 Å². The van der Waals surface area contributed by atoms with Gasteiger partial charge >= 0.3 is 0 Å². The van der Waals surface area contributed by atoms with Crippen molar-refractivity contribution in [2.75, 3.05) is 7.11 Å². The summed E-state index contributed by atoms with van der Waals surface area (Å²) in [5.41, 5.74) is 5.18. The van der Waals surface area contributed by atoms with Crippen LogP contribution >= 0.6 is 0 Å². The van der Waals surface area contributed by atoms with Gasteiger partial charge in [0.1, 0.15) is 5.75 Å². The number of benzene rings is 2. The molecule has 0 aliphatic carbocycles. The molecule has 2 heteroatoms. The van der Waals surface area contributed by atoms with E-state index in [2.05, 4.69) is 38.1 Å². The van der Waals surface area contributed by atoms with Gasteiger partial charge in [-0.15, -0.1) is 0 Å². The zero-order chi connectivity index (χ0) is 13.1. The number of aryl methyl sites for hydroxylation is 2. The van der Waals surface area contributed by atoms with E-state index < -0.39 is 0 Å². The van der Waals surface area contributed by atoms with E-state index in [9.17, 15) is 0 Å². The lowest BCUT2D eigenvalue weighted by Gasteiger charge is -2.09. The first-order chi connectivity index (χ1) is 8.63. The molecule has 2 aromatic rings. The summed E-state index contributed by atoms with van der Waals surface area (Å²) in [6.45, 7) is 4.13. The molecule has 2 nitrogen and oxygen atoms in total. The van der Waals surface area contributed by atoms with Gasteiger partial charge in [0.05, 0.1) is 18.7 Å². The fourth-order valence-electron chi connectivity index (χ4n) is 1.98. The van der Waals surface area contributed by atoms with Crippen LogP contribution in [-0.2, 0) is 0 Å². The standard InChI is InChI=1S/C16H15NO/c1-11-4-5-12(2)16(6-11)14-7-13(10-17)8-15(9-14)18-3/h4-9H,1-3H3. The van der Waals surface area contributed by atoms with E-state index in [0.717, 1.165) is 11.1 Å². The van der Waals surface area contributed by atoms with Crippen LogP contribution in [0, 0.1) is 25.2 Å². The van der Waals surface area contributed by atoms with Crippen molar-refractivity contribution in [1.82, 2.24) is 0 Å². The van der Waals surface area contributed by atoms with E-state index >= 15 is 0 Å². The van der Waals surface area contributed by atoms with E-state index in [1.54, 1.807) is 13.2 Å². The second kappa shape index (κ2) is 4.93. The number of nitrogens with zero attached hydrogens (tertiary/aromatic N) is 1. The van der Waals surface area contributed by atoms with Crippen molar-refractivity contribution in [3.05, 3.63) is 53.1 Å². The van der Waals surface area contributed by atoms with Gasteiger partial charge in [-0.25, -0.2) is 0 Å². The molecule has 90 valence electrons. The molecule has 18 heavy (non-hydrogen) atoms. The zero-order valence-electron chi connectivity index (χ0n) is 10.8. The summed E-state index contributed by atoms with van der Waals surface area (Å²) < 4.78 is 5.24. The number of methoxy groups -OCH3 is 1. The third kappa shape index (κ3) is 2.36. The Hall–Kier alpha value is -2.27. The normalized spacial score (nSPS) is 9.89. The first-order valence-corrected chi connectivity index (χ1v) is 5.81. The predicted octanol–water partition coefficient (Wildman–Crippen LogP) is 3.85. The summed E-state index contributed by atoms with van der Waals surface area (Å²) in [7, 11) is 1.61. The molecule has 0 saturated carbocycles. The SMILES string of the molecule is COc1cc(C#N)cc(-c2cc(C)ccc2C)c1. The lowest BCUT2D eigenvalue weighted by atomic mass is 9.97. The summed E-state index contributed by atoms with van der Waals surface area (Å²) in [6.07, 6.45) is 0. The summed E-state index contributed by atoms with van der Waals surface area (Å²) in [6, 6.07) is 14.1. The zero-order valence-corrected chi connectivity index (χ0v) is 10.8. The van der Waals surface area contributed by atoms with Crippen LogP contribution in [-0.4, -0.2) is 7.11 Å². The minimum absolute atomic E-state index is 0.616. The Morgan fingerprint density at radius 2 is 1.83 bits per heavy atom. The fourth-order valence-corrected chi connectivity index (χ4v) is 1.98. The summed E-state index contributed by atoms with van der Waals surface area (Å²) in [5, 5.41) is 9.05. The van der Waals surface area contributed by atoms with Crippen molar-refractivity contribution in [3.8, 4) is 22.9 Å². The molecular formula is C16H15NO.